The highest BCUT2D eigenvalue weighted by Gasteiger charge is 2.27. The number of pyridine rings is 1. The normalized spacial score (nSPS) is 18.3. The van der Waals surface area contributed by atoms with Crippen LogP contribution in [-0.4, -0.2) is 30.6 Å². The quantitative estimate of drug-likeness (QED) is 0.834. The van der Waals surface area contributed by atoms with Gasteiger partial charge in [0.2, 0.25) is 5.95 Å². The average molecular weight is 252 g/mol. The molecule has 1 aliphatic heterocycles. The van der Waals surface area contributed by atoms with Crippen molar-refractivity contribution in [1.29, 1.82) is 0 Å². The van der Waals surface area contributed by atoms with Gasteiger partial charge in [0.05, 0.1) is 0 Å². The third-order valence-corrected chi connectivity index (χ3v) is 3.36. The molecule has 5 heteroatoms. The van der Waals surface area contributed by atoms with Crippen LogP contribution in [0.2, 0.25) is 0 Å². The van der Waals surface area contributed by atoms with Gasteiger partial charge in [-0.3, -0.25) is 4.79 Å². The molecular weight excluding hydrogens is 235 g/mol. The molecule has 0 atom stereocenters. The number of aromatic nitrogens is 1. The summed E-state index contributed by atoms with van der Waals surface area (Å²) in [6.45, 7) is 4.18. The molecule has 0 aromatic carbocycles. The van der Waals surface area contributed by atoms with Crippen molar-refractivity contribution in [1.82, 2.24) is 10.3 Å². The first-order valence-corrected chi connectivity index (χ1v) is 6.07. The highest BCUT2D eigenvalue weighted by molar-refractivity contribution is 5.94. The number of amides is 1. The molecule has 0 radical (unpaired) electrons. The second kappa shape index (κ2) is 5.44. The Kier molecular flexibility index (Phi) is 3.91. The molecule has 1 saturated heterocycles. The molecule has 2 rings (SSSR count). The van der Waals surface area contributed by atoms with E-state index in [0.29, 0.717) is 12.1 Å². The number of hydrogen-bond acceptors (Lipinski definition) is 3. The highest BCUT2D eigenvalue weighted by Crippen LogP contribution is 2.28. The van der Waals surface area contributed by atoms with Gasteiger partial charge in [0.25, 0.3) is 5.91 Å². The monoisotopic (exact) mass is 252 g/mol. The van der Waals surface area contributed by atoms with Crippen molar-refractivity contribution in [3.8, 4) is 0 Å². The summed E-state index contributed by atoms with van der Waals surface area (Å²) < 4.78 is 18.2. The molecule has 98 valence electrons. The van der Waals surface area contributed by atoms with E-state index in [1.165, 1.54) is 12.3 Å². The molecule has 4 nitrogen and oxygen atoms in total. The summed E-state index contributed by atoms with van der Waals surface area (Å²) in [5.41, 5.74) is 0.373. The maximum absolute atomic E-state index is 12.9. The van der Waals surface area contributed by atoms with Crippen LogP contribution in [0.4, 0.5) is 4.39 Å². The lowest BCUT2D eigenvalue weighted by molar-refractivity contribution is 0.0238. The Morgan fingerprint density at radius 1 is 1.56 bits per heavy atom. The number of rotatable bonds is 3. The van der Waals surface area contributed by atoms with E-state index in [4.69, 9.17) is 4.74 Å². The molecule has 1 fully saturated rings. The third kappa shape index (κ3) is 3.26. The first-order valence-electron chi connectivity index (χ1n) is 6.07. The van der Waals surface area contributed by atoms with E-state index in [-0.39, 0.29) is 11.3 Å². The SMILES string of the molecule is CC1(CNC(=O)c2ccnc(F)c2)CCOCC1. The largest absolute Gasteiger partial charge is 0.381 e. The number of carbonyl (C=O) groups excluding carboxylic acids is 1. The topological polar surface area (TPSA) is 51.2 Å². The lowest BCUT2D eigenvalue weighted by Crippen LogP contribution is -2.39. The van der Waals surface area contributed by atoms with Gasteiger partial charge in [-0.15, -0.1) is 0 Å². The smallest absolute Gasteiger partial charge is 0.251 e. The minimum absolute atomic E-state index is 0.0689. The zero-order valence-electron chi connectivity index (χ0n) is 10.4. The molecule has 0 unspecified atom stereocenters. The van der Waals surface area contributed by atoms with Gasteiger partial charge in [0.1, 0.15) is 0 Å². The van der Waals surface area contributed by atoms with Crippen molar-refractivity contribution in [2.24, 2.45) is 5.41 Å². The van der Waals surface area contributed by atoms with Gasteiger partial charge >= 0.3 is 0 Å². The number of hydrogen-bond donors (Lipinski definition) is 1. The van der Waals surface area contributed by atoms with Crippen LogP contribution >= 0.6 is 0 Å². The third-order valence-electron chi connectivity index (χ3n) is 3.36. The van der Waals surface area contributed by atoms with Crippen molar-refractivity contribution in [3.63, 3.8) is 0 Å². The number of carbonyl (C=O) groups is 1. The van der Waals surface area contributed by atoms with Gasteiger partial charge in [-0.1, -0.05) is 6.92 Å². The van der Waals surface area contributed by atoms with E-state index in [2.05, 4.69) is 17.2 Å². The summed E-state index contributed by atoms with van der Waals surface area (Å²) >= 11 is 0. The summed E-state index contributed by atoms with van der Waals surface area (Å²) in [7, 11) is 0. The number of ether oxygens (including phenoxy) is 1. The zero-order valence-corrected chi connectivity index (χ0v) is 10.4. The van der Waals surface area contributed by atoms with Crippen molar-refractivity contribution in [2.45, 2.75) is 19.8 Å². The van der Waals surface area contributed by atoms with Crippen LogP contribution in [0.25, 0.3) is 0 Å². The molecule has 1 aliphatic rings. The van der Waals surface area contributed by atoms with E-state index in [1.807, 2.05) is 0 Å². The van der Waals surface area contributed by atoms with Crippen molar-refractivity contribution < 1.29 is 13.9 Å². The van der Waals surface area contributed by atoms with Crippen LogP contribution in [0.3, 0.4) is 0 Å². The molecule has 18 heavy (non-hydrogen) atoms. The predicted octanol–water partition coefficient (Wildman–Crippen LogP) is 1.77. The summed E-state index contributed by atoms with van der Waals surface area (Å²) in [6, 6.07) is 2.65. The Bertz CT molecular complexity index is 431. The average Bonchev–Trinajstić information content (AvgIpc) is 2.37. The van der Waals surface area contributed by atoms with Crippen molar-refractivity contribution >= 4 is 5.91 Å². The summed E-state index contributed by atoms with van der Waals surface area (Å²) in [5, 5.41) is 2.85. The van der Waals surface area contributed by atoms with E-state index in [0.717, 1.165) is 32.1 Å². The van der Waals surface area contributed by atoms with E-state index >= 15 is 0 Å². The molecule has 1 aromatic rings. The van der Waals surface area contributed by atoms with Gasteiger partial charge in [0.15, 0.2) is 0 Å². The van der Waals surface area contributed by atoms with E-state index < -0.39 is 5.95 Å². The molecule has 1 amide bonds. The van der Waals surface area contributed by atoms with E-state index in [9.17, 15) is 9.18 Å². The van der Waals surface area contributed by atoms with Crippen LogP contribution in [0.1, 0.15) is 30.1 Å². The lowest BCUT2D eigenvalue weighted by atomic mass is 9.82. The van der Waals surface area contributed by atoms with E-state index in [1.54, 1.807) is 0 Å². The van der Waals surface area contributed by atoms with Gasteiger partial charge in [0, 0.05) is 37.6 Å². The fraction of sp³-hybridized carbons (Fsp3) is 0.538. The first-order chi connectivity index (χ1) is 8.59. The molecule has 1 aromatic heterocycles. The fourth-order valence-electron chi connectivity index (χ4n) is 1.98. The van der Waals surface area contributed by atoms with Crippen molar-refractivity contribution in [2.75, 3.05) is 19.8 Å². The minimum atomic E-state index is -0.639. The Hall–Kier alpha value is -1.49. The fourth-order valence-corrected chi connectivity index (χ4v) is 1.98. The van der Waals surface area contributed by atoms with Crippen LogP contribution in [-0.2, 0) is 4.74 Å². The molecular formula is C13H17FN2O2. The standard InChI is InChI=1S/C13H17FN2O2/c1-13(3-6-18-7-4-13)9-16-12(17)10-2-5-15-11(14)8-10/h2,5,8H,3-4,6-7,9H2,1H3,(H,16,17). The van der Waals surface area contributed by atoms with Crippen LogP contribution < -0.4 is 5.32 Å². The minimum Gasteiger partial charge on any atom is -0.381 e. The Morgan fingerprint density at radius 2 is 2.28 bits per heavy atom. The van der Waals surface area contributed by atoms with Crippen LogP contribution in [0, 0.1) is 11.4 Å². The number of halogens is 1. The van der Waals surface area contributed by atoms with Crippen LogP contribution in [0.15, 0.2) is 18.3 Å². The lowest BCUT2D eigenvalue weighted by Gasteiger charge is -2.33. The van der Waals surface area contributed by atoms with Crippen molar-refractivity contribution in [3.05, 3.63) is 29.8 Å². The van der Waals surface area contributed by atoms with Gasteiger partial charge in [-0.25, -0.2) is 4.98 Å². The second-order valence-electron chi connectivity index (χ2n) is 4.97. The summed E-state index contributed by atoms with van der Waals surface area (Å²) in [4.78, 5) is 15.3. The first kappa shape index (κ1) is 13.0. The summed E-state index contributed by atoms with van der Waals surface area (Å²) in [5.74, 6) is -0.899. The molecule has 2 heterocycles. The van der Waals surface area contributed by atoms with Gasteiger partial charge in [-0.05, 0) is 24.3 Å². The zero-order chi connectivity index (χ0) is 13.0. The maximum Gasteiger partial charge on any atom is 0.251 e. The predicted molar refractivity (Wildman–Crippen MR) is 64.7 cm³/mol. The molecule has 1 N–H and O–H groups in total. The van der Waals surface area contributed by atoms with Gasteiger partial charge < -0.3 is 10.1 Å². The Labute approximate surface area is 106 Å². The molecule has 0 aliphatic carbocycles. The number of nitrogens with zero attached hydrogens (tertiary/aromatic N) is 1. The Balaban J connectivity index is 1.92. The van der Waals surface area contributed by atoms with Crippen LogP contribution in [0.5, 0.6) is 0 Å². The maximum atomic E-state index is 12.9. The molecule has 0 spiro atoms. The summed E-state index contributed by atoms with van der Waals surface area (Å²) in [6.07, 6.45) is 3.15. The Morgan fingerprint density at radius 3 is 2.94 bits per heavy atom. The molecule has 0 bridgehead atoms. The van der Waals surface area contributed by atoms with Gasteiger partial charge in [-0.2, -0.15) is 4.39 Å². The molecule has 0 saturated carbocycles. The highest BCUT2D eigenvalue weighted by atomic mass is 19.1. The number of nitrogens with one attached hydrogen (secondary N) is 1. The second-order valence-corrected chi connectivity index (χ2v) is 4.97.